The van der Waals surface area contributed by atoms with Crippen LogP contribution in [-0.4, -0.2) is 11.1 Å². The van der Waals surface area contributed by atoms with Gasteiger partial charge in [-0.05, 0) is 58.6 Å². The van der Waals surface area contributed by atoms with E-state index in [1.54, 1.807) is 42.5 Å². The number of carbonyl (C=O) groups excluding carboxylic acids is 2. The second-order valence-corrected chi connectivity index (χ2v) is 6.05. The summed E-state index contributed by atoms with van der Waals surface area (Å²) < 4.78 is 6.12. The van der Waals surface area contributed by atoms with Gasteiger partial charge in [0.2, 0.25) is 0 Å². The number of hydrogen-bond donors (Lipinski definition) is 0. The highest BCUT2D eigenvalue weighted by molar-refractivity contribution is 14.1. The van der Waals surface area contributed by atoms with Gasteiger partial charge in [0.1, 0.15) is 5.76 Å². The minimum atomic E-state index is -0.322. The molecular weight excluding hydrogens is 389 g/mol. The zero-order valence-electron chi connectivity index (χ0n) is 10.1. The quantitative estimate of drug-likeness (QED) is 0.565. The maximum Gasteiger partial charge on any atom is 0.298 e. The van der Waals surface area contributed by atoms with Crippen LogP contribution in [0.4, 0.5) is 10.5 Å². The number of nitrogens with zero attached hydrogens (tertiary/aromatic N) is 1. The van der Waals surface area contributed by atoms with E-state index in [0.717, 1.165) is 15.5 Å². The van der Waals surface area contributed by atoms with E-state index in [2.05, 4.69) is 0 Å². The Kier molecular flexibility index (Phi) is 3.66. The minimum Gasteiger partial charge on any atom is -0.451 e. The molecule has 20 heavy (non-hydrogen) atoms. The fourth-order valence-electron chi connectivity index (χ4n) is 1.80. The van der Waals surface area contributed by atoms with Crippen molar-refractivity contribution in [2.45, 2.75) is 0 Å². The molecule has 0 aliphatic carbocycles. The Hall–Kier alpha value is -1.54. The molecule has 0 bridgehead atoms. The predicted octanol–water partition coefficient (Wildman–Crippen LogP) is 4.13. The summed E-state index contributed by atoms with van der Waals surface area (Å²) in [6, 6.07) is 12.4. The fraction of sp³-hybridized carbons (Fsp3) is 0. The average Bonchev–Trinajstić information content (AvgIpc) is 2.96. The molecular formula is C14H8INO3S. The molecule has 4 nitrogen and oxygen atoms in total. The van der Waals surface area contributed by atoms with Crippen molar-refractivity contribution >= 4 is 57.3 Å². The average molecular weight is 397 g/mol. The molecule has 1 aliphatic heterocycles. The summed E-state index contributed by atoms with van der Waals surface area (Å²) in [6.07, 6.45) is 1.59. The summed E-state index contributed by atoms with van der Waals surface area (Å²) >= 11 is 2.96. The largest absolute Gasteiger partial charge is 0.451 e. The van der Waals surface area contributed by atoms with Crippen molar-refractivity contribution in [3.8, 4) is 0 Å². The third-order valence-corrected chi connectivity index (χ3v) is 4.12. The summed E-state index contributed by atoms with van der Waals surface area (Å²) in [7, 11) is 0. The third-order valence-electron chi connectivity index (χ3n) is 2.68. The maximum absolute atomic E-state index is 12.3. The van der Waals surface area contributed by atoms with Crippen LogP contribution >= 0.6 is 34.4 Å². The van der Waals surface area contributed by atoms with Crippen molar-refractivity contribution in [2.75, 3.05) is 4.90 Å². The first-order chi connectivity index (χ1) is 9.65. The highest BCUT2D eigenvalue weighted by Gasteiger charge is 2.36. The Morgan fingerprint density at radius 2 is 1.85 bits per heavy atom. The topological polar surface area (TPSA) is 50.5 Å². The number of rotatable bonds is 2. The number of imide groups is 1. The van der Waals surface area contributed by atoms with Crippen LogP contribution < -0.4 is 4.90 Å². The highest BCUT2D eigenvalue weighted by Crippen LogP contribution is 2.35. The molecule has 0 unspecified atom stereocenters. The number of amides is 2. The second-order valence-electron chi connectivity index (χ2n) is 3.99. The molecule has 2 aromatic rings. The summed E-state index contributed by atoms with van der Waals surface area (Å²) in [5, 5.41) is -0.297. The van der Waals surface area contributed by atoms with Gasteiger partial charge in [-0.3, -0.25) is 9.59 Å². The SMILES string of the molecule is O=C1SC(=Cc2ccc(I)o2)C(=O)N1c1ccccc1. The lowest BCUT2D eigenvalue weighted by molar-refractivity contribution is -0.113. The predicted molar refractivity (Wildman–Crippen MR) is 86.3 cm³/mol. The molecule has 0 radical (unpaired) electrons. The van der Waals surface area contributed by atoms with Gasteiger partial charge in [0, 0.05) is 6.08 Å². The molecule has 0 atom stereocenters. The van der Waals surface area contributed by atoms with Gasteiger partial charge >= 0.3 is 0 Å². The van der Waals surface area contributed by atoms with Gasteiger partial charge in [-0.1, -0.05) is 18.2 Å². The zero-order chi connectivity index (χ0) is 14.1. The van der Waals surface area contributed by atoms with E-state index in [9.17, 15) is 9.59 Å². The van der Waals surface area contributed by atoms with E-state index in [1.807, 2.05) is 28.7 Å². The van der Waals surface area contributed by atoms with E-state index in [1.165, 1.54) is 4.90 Å². The summed E-state index contributed by atoms with van der Waals surface area (Å²) in [6.45, 7) is 0. The molecule has 0 saturated carbocycles. The molecule has 1 fully saturated rings. The fourth-order valence-corrected chi connectivity index (χ4v) is 3.06. The van der Waals surface area contributed by atoms with Gasteiger partial charge in [-0.2, -0.15) is 0 Å². The molecule has 1 aromatic carbocycles. The van der Waals surface area contributed by atoms with Crippen LogP contribution in [-0.2, 0) is 4.79 Å². The van der Waals surface area contributed by atoms with Crippen molar-refractivity contribution in [1.29, 1.82) is 0 Å². The summed E-state index contributed by atoms with van der Waals surface area (Å²) in [5.41, 5.74) is 0.576. The lowest BCUT2D eigenvalue weighted by Gasteiger charge is -2.11. The van der Waals surface area contributed by atoms with Gasteiger partial charge in [0.25, 0.3) is 11.1 Å². The number of thioether (sulfide) groups is 1. The summed E-state index contributed by atoms with van der Waals surface area (Å²) in [4.78, 5) is 25.8. The van der Waals surface area contributed by atoms with Crippen LogP contribution in [0.5, 0.6) is 0 Å². The number of carbonyl (C=O) groups is 2. The van der Waals surface area contributed by atoms with Crippen molar-refractivity contribution in [3.63, 3.8) is 0 Å². The van der Waals surface area contributed by atoms with Crippen LogP contribution in [0.2, 0.25) is 0 Å². The molecule has 1 saturated heterocycles. The molecule has 0 N–H and O–H groups in total. The number of anilines is 1. The number of para-hydroxylation sites is 1. The molecule has 0 spiro atoms. The molecule has 2 amide bonds. The molecule has 100 valence electrons. The Balaban J connectivity index is 1.93. The number of benzene rings is 1. The van der Waals surface area contributed by atoms with Crippen molar-refractivity contribution in [3.05, 3.63) is 56.9 Å². The minimum absolute atomic E-state index is 0.297. The second kappa shape index (κ2) is 5.45. The van der Waals surface area contributed by atoms with Crippen molar-refractivity contribution in [2.24, 2.45) is 0 Å². The Morgan fingerprint density at radius 3 is 2.50 bits per heavy atom. The number of furan rings is 1. The van der Waals surface area contributed by atoms with Gasteiger partial charge in [-0.15, -0.1) is 0 Å². The van der Waals surface area contributed by atoms with Crippen LogP contribution in [0.25, 0.3) is 6.08 Å². The number of halogens is 1. The molecule has 1 aliphatic rings. The first kappa shape index (κ1) is 13.4. The van der Waals surface area contributed by atoms with Crippen molar-refractivity contribution in [1.82, 2.24) is 0 Å². The number of hydrogen-bond acceptors (Lipinski definition) is 4. The first-order valence-electron chi connectivity index (χ1n) is 5.73. The van der Waals surface area contributed by atoms with Crippen LogP contribution in [0.15, 0.2) is 51.8 Å². The molecule has 1 aromatic heterocycles. The maximum atomic E-state index is 12.3. The lowest BCUT2D eigenvalue weighted by Crippen LogP contribution is -2.27. The molecule has 6 heteroatoms. The van der Waals surface area contributed by atoms with E-state index in [4.69, 9.17) is 4.42 Å². The van der Waals surface area contributed by atoms with Crippen LogP contribution in [0.1, 0.15) is 5.76 Å². The van der Waals surface area contributed by atoms with Gasteiger partial charge in [0.15, 0.2) is 3.77 Å². The third kappa shape index (κ3) is 2.53. The van der Waals surface area contributed by atoms with E-state index in [0.29, 0.717) is 16.4 Å². The van der Waals surface area contributed by atoms with Gasteiger partial charge in [0.05, 0.1) is 10.6 Å². The zero-order valence-corrected chi connectivity index (χ0v) is 13.1. The van der Waals surface area contributed by atoms with E-state index in [-0.39, 0.29) is 11.1 Å². The highest BCUT2D eigenvalue weighted by atomic mass is 127. The Morgan fingerprint density at radius 1 is 1.10 bits per heavy atom. The van der Waals surface area contributed by atoms with Crippen molar-refractivity contribution < 1.29 is 14.0 Å². The lowest BCUT2D eigenvalue weighted by atomic mass is 10.3. The van der Waals surface area contributed by atoms with E-state index >= 15 is 0 Å². The molecule has 2 heterocycles. The summed E-state index contributed by atoms with van der Waals surface area (Å²) in [5.74, 6) is 0.241. The smallest absolute Gasteiger partial charge is 0.298 e. The Bertz CT molecular complexity index is 708. The first-order valence-corrected chi connectivity index (χ1v) is 7.63. The Labute approximate surface area is 133 Å². The van der Waals surface area contributed by atoms with E-state index < -0.39 is 0 Å². The normalized spacial score (nSPS) is 17.2. The van der Waals surface area contributed by atoms with Crippen LogP contribution in [0, 0.1) is 3.77 Å². The molecule has 3 rings (SSSR count). The van der Waals surface area contributed by atoms with Gasteiger partial charge < -0.3 is 4.42 Å². The standard InChI is InChI=1S/C14H8INO3S/c15-12-7-6-10(19-12)8-11-13(17)16(14(18)20-11)9-4-2-1-3-5-9/h1-8H. The monoisotopic (exact) mass is 397 g/mol. The van der Waals surface area contributed by atoms with Gasteiger partial charge in [-0.25, -0.2) is 4.90 Å². The van der Waals surface area contributed by atoms with Crippen LogP contribution in [0.3, 0.4) is 0 Å².